The van der Waals surface area contributed by atoms with Gasteiger partial charge in [0.2, 0.25) is 0 Å². The molecule has 3 rings (SSSR count). The van der Waals surface area contributed by atoms with Crippen LogP contribution in [-0.2, 0) is 0 Å². The minimum Gasteiger partial charge on any atom is -0.404 e. The molecule has 3 aliphatic rings. The van der Waals surface area contributed by atoms with E-state index in [0.29, 0.717) is 17.6 Å². The highest BCUT2D eigenvalue weighted by Crippen LogP contribution is 2.25. The van der Waals surface area contributed by atoms with Crippen LogP contribution in [0.4, 0.5) is 0 Å². The molecule has 0 aromatic carbocycles. The molecule has 0 saturated heterocycles. The maximum atomic E-state index is 9.66. The largest absolute Gasteiger partial charge is 0.404 e. The lowest BCUT2D eigenvalue weighted by Gasteiger charge is -2.24. The molecule has 0 aromatic rings. The number of aliphatic imine (C=N–C) groups is 2. The van der Waals surface area contributed by atoms with E-state index < -0.39 is 0 Å². The van der Waals surface area contributed by atoms with Crippen molar-refractivity contribution in [1.29, 1.82) is 5.41 Å². The fourth-order valence-corrected chi connectivity index (χ4v) is 3.88. The molecule has 0 spiro atoms. The molecule has 176 valence electrons. The van der Waals surface area contributed by atoms with Gasteiger partial charge in [-0.3, -0.25) is 4.99 Å². The molecule has 0 unspecified atom stereocenters. The number of amidine groups is 1. The van der Waals surface area contributed by atoms with Gasteiger partial charge in [-0.15, -0.1) is 0 Å². The van der Waals surface area contributed by atoms with E-state index in [1.54, 1.807) is 12.3 Å². The number of nitrogens with one attached hydrogen (secondary N) is 3. The number of hydrogen-bond donors (Lipinski definition) is 6. The van der Waals surface area contributed by atoms with Crippen molar-refractivity contribution in [3.63, 3.8) is 0 Å². The Morgan fingerprint density at radius 2 is 2.00 bits per heavy atom. The number of rotatable bonds is 8. The highest BCUT2D eigenvalue weighted by Gasteiger charge is 2.19. The van der Waals surface area contributed by atoms with Crippen LogP contribution in [0.3, 0.4) is 0 Å². The third-order valence-corrected chi connectivity index (χ3v) is 5.96. The molecule has 8 heteroatoms. The second-order valence-corrected chi connectivity index (χ2v) is 8.83. The van der Waals surface area contributed by atoms with E-state index >= 15 is 0 Å². The van der Waals surface area contributed by atoms with Crippen molar-refractivity contribution in [2.45, 2.75) is 45.6 Å². The summed E-state index contributed by atoms with van der Waals surface area (Å²) in [4.78, 5) is 9.05. The number of allylic oxidation sites excluding steroid dienone is 6. The standard InChI is InChI=1S/C25H35N7O/c1-16(2)18(11-26)10-24(28)32-25-8-7-22-23(31-25)9-19(15-30-22)20(12-27)14-29-13-17-3-5-21(33)6-4-17/h7-12,14-17,21,26,30-31,33H,3-6,13,27H2,1-2H3,(H2,28,32). The van der Waals surface area contributed by atoms with E-state index in [9.17, 15) is 5.11 Å². The second-order valence-electron chi connectivity index (χ2n) is 8.83. The Hall–Kier alpha value is -3.39. The molecule has 0 bridgehead atoms. The number of hydrogen-bond acceptors (Lipinski definition) is 7. The van der Waals surface area contributed by atoms with Crippen LogP contribution in [0.25, 0.3) is 0 Å². The maximum Gasteiger partial charge on any atom is 0.132 e. The molecule has 1 aliphatic carbocycles. The zero-order chi connectivity index (χ0) is 23.8. The van der Waals surface area contributed by atoms with Crippen LogP contribution < -0.4 is 22.1 Å². The van der Waals surface area contributed by atoms with Gasteiger partial charge in [-0.05, 0) is 67.4 Å². The van der Waals surface area contributed by atoms with Gasteiger partial charge in [-0.1, -0.05) is 13.8 Å². The molecule has 2 aliphatic heterocycles. The van der Waals surface area contributed by atoms with Crippen molar-refractivity contribution in [3.8, 4) is 0 Å². The number of aliphatic hydroxyl groups is 1. The number of nitrogens with zero attached hydrogens (tertiary/aromatic N) is 2. The highest BCUT2D eigenvalue weighted by molar-refractivity contribution is 5.97. The van der Waals surface area contributed by atoms with E-state index in [4.69, 9.17) is 16.9 Å². The molecule has 0 radical (unpaired) electrons. The molecule has 1 fully saturated rings. The predicted molar refractivity (Wildman–Crippen MR) is 136 cm³/mol. The van der Waals surface area contributed by atoms with Gasteiger partial charge in [0.25, 0.3) is 0 Å². The van der Waals surface area contributed by atoms with Crippen molar-refractivity contribution in [3.05, 3.63) is 70.6 Å². The zero-order valence-corrected chi connectivity index (χ0v) is 19.4. The lowest BCUT2D eigenvalue weighted by atomic mass is 9.87. The molecule has 0 atom stereocenters. The smallest absolute Gasteiger partial charge is 0.132 e. The Labute approximate surface area is 195 Å². The topological polar surface area (TPSA) is 145 Å². The molecule has 33 heavy (non-hydrogen) atoms. The van der Waals surface area contributed by atoms with Gasteiger partial charge in [0, 0.05) is 42.5 Å². The molecule has 8 nitrogen and oxygen atoms in total. The first kappa shape index (κ1) is 24.3. The predicted octanol–water partition coefficient (Wildman–Crippen LogP) is 2.74. The van der Waals surface area contributed by atoms with Gasteiger partial charge < -0.3 is 32.6 Å². The summed E-state index contributed by atoms with van der Waals surface area (Å²) in [6.07, 6.45) is 17.7. The van der Waals surface area contributed by atoms with E-state index in [1.807, 2.05) is 44.5 Å². The lowest BCUT2D eigenvalue weighted by Crippen LogP contribution is -2.27. The van der Waals surface area contributed by atoms with E-state index in [0.717, 1.165) is 60.3 Å². The van der Waals surface area contributed by atoms with Crippen molar-refractivity contribution < 1.29 is 5.11 Å². The molecule has 0 amide bonds. The Bertz CT molecular complexity index is 984. The zero-order valence-electron chi connectivity index (χ0n) is 19.4. The highest BCUT2D eigenvalue weighted by atomic mass is 16.3. The number of nitrogens with two attached hydrogens (primary N) is 2. The van der Waals surface area contributed by atoms with Gasteiger partial charge in [0.1, 0.15) is 11.7 Å². The molecule has 8 N–H and O–H groups in total. The van der Waals surface area contributed by atoms with Crippen LogP contribution in [0.15, 0.2) is 80.6 Å². The van der Waals surface area contributed by atoms with Gasteiger partial charge >= 0.3 is 0 Å². The summed E-state index contributed by atoms with van der Waals surface area (Å²) in [6.45, 7) is 4.76. The average Bonchev–Trinajstić information content (AvgIpc) is 2.81. The first-order valence-electron chi connectivity index (χ1n) is 11.4. The summed E-state index contributed by atoms with van der Waals surface area (Å²) < 4.78 is 0. The Balaban J connectivity index is 1.66. The maximum absolute atomic E-state index is 9.66. The van der Waals surface area contributed by atoms with Crippen LogP contribution in [0.5, 0.6) is 0 Å². The molecular formula is C25H35N7O. The van der Waals surface area contributed by atoms with Crippen LogP contribution in [-0.4, -0.2) is 36.0 Å². The molecular weight excluding hydrogens is 414 g/mol. The normalized spacial score (nSPS) is 24.3. The number of dihydropyridines is 2. The molecule has 1 saturated carbocycles. The van der Waals surface area contributed by atoms with Crippen molar-refractivity contribution in [2.24, 2.45) is 33.3 Å². The summed E-state index contributed by atoms with van der Waals surface area (Å²) in [7, 11) is 0. The van der Waals surface area contributed by atoms with Gasteiger partial charge in [-0.25, -0.2) is 4.99 Å². The van der Waals surface area contributed by atoms with E-state index in [-0.39, 0.29) is 12.0 Å². The van der Waals surface area contributed by atoms with E-state index in [1.165, 1.54) is 6.21 Å². The SMILES string of the molecule is CC(C)C(C=N)=CC(N)=NC1=CC=C2NC=C(C(C=NCC3CCC(O)CC3)=CN)C=C2N1. The summed E-state index contributed by atoms with van der Waals surface area (Å²) in [6, 6.07) is 0. The second kappa shape index (κ2) is 11.5. The monoisotopic (exact) mass is 449 g/mol. The third kappa shape index (κ3) is 6.79. The van der Waals surface area contributed by atoms with Crippen LogP contribution >= 0.6 is 0 Å². The minimum absolute atomic E-state index is 0.150. The quantitative estimate of drug-likeness (QED) is 0.249. The van der Waals surface area contributed by atoms with Gasteiger partial charge in [-0.2, -0.15) is 0 Å². The molecule has 0 aromatic heterocycles. The van der Waals surface area contributed by atoms with E-state index in [2.05, 4.69) is 20.6 Å². The summed E-state index contributed by atoms with van der Waals surface area (Å²) in [5.74, 6) is 1.66. The fraction of sp³-hybridized carbons (Fsp3) is 0.400. The van der Waals surface area contributed by atoms with Crippen LogP contribution in [0, 0.1) is 17.2 Å². The lowest BCUT2D eigenvalue weighted by molar-refractivity contribution is 0.110. The van der Waals surface area contributed by atoms with Gasteiger partial charge in [0.05, 0.1) is 17.5 Å². The van der Waals surface area contributed by atoms with Crippen LogP contribution in [0.2, 0.25) is 0 Å². The van der Waals surface area contributed by atoms with Crippen molar-refractivity contribution in [1.82, 2.24) is 10.6 Å². The van der Waals surface area contributed by atoms with Crippen LogP contribution in [0.1, 0.15) is 39.5 Å². The minimum atomic E-state index is -0.150. The number of aliphatic hydroxyl groups excluding tert-OH is 1. The van der Waals surface area contributed by atoms with Gasteiger partial charge in [0.15, 0.2) is 0 Å². The third-order valence-electron chi connectivity index (χ3n) is 5.96. The average molecular weight is 450 g/mol. The summed E-state index contributed by atoms with van der Waals surface area (Å²) >= 11 is 0. The van der Waals surface area contributed by atoms with Crippen molar-refractivity contribution >= 4 is 18.3 Å². The van der Waals surface area contributed by atoms with Crippen molar-refractivity contribution in [2.75, 3.05) is 6.54 Å². The Morgan fingerprint density at radius 3 is 2.67 bits per heavy atom. The fourth-order valence-electron chi connectivity index (χ4n) is 3.88. The molecule has 2 heterocycles. The Morgan fingerprint density at radius 1 is 1.24 bits per heavy atom. The Kier molecular flexibility index (Phi) is 8.43. The summed E-state index contributed by atoms with van der Waals surface area (Å²) in [5.41, 5.74) is 16.3. The summed E-state index contributed by atoms with van der Waals surface area (Å²) in [5, 5.41) is 23.7. The first-order chi connectivity index (χ1) is 15.9. The first-order valence-corrected chi connectivity index (χ1v) is 11.4. The number of fused-ring (bicyclic) bond motifs is 1.